The molecule has 0 amide bonds. The summed E-state index contributed by atoms with van der Waals surface area (Å²) in [6.07, 6.45) is 4.03. The normalized spacial score (nSPS) is 11.9. The molecular weight excluding hydrogens is 284 g/mol. The summed E-state index contributed by atoms with van der Waals surface area (Å²) in [4.78, 5) is 3.79. The quantitative estimate of drug-likeness (QED) is 0.327. The van der Waals surface area contributed by atoms with Crippen LogP contribution in [0.2, 0.25) is 0 Å². The van der Waals surface area contributed by atoms with Crippen LogP contribution in [0.3, 0.4) is 0 Å². The van der Waals surface area contributed by atoms with Crippen LogP contribution in [0.5, 0.6) is 0 Å². The molecule has 0 aromatic carbocycles. The molecule has 0 bridgehead atoms. The summed E-state index contributed by atoms with van der Waals surface area (Å²) in [7, 11) is -3.74. The first-order valence-corrected chi connectivity index (χ1v) is 8.78. The van der Waals surface area contributed by atoms with Gasteiger partial charge in [-0.2, -0.15) is 8.42 Å². The van der Waals surface area contributed by atoms with Crippen molar-refractivity contribution in [1.82, 2.24) is 9.77 Å². The molecule has 9 heteroatoms. The maximum atomic E-state index is 11.2. The molecular formula is C8H20N2O4S3. The van der Waals surface area contributed by atoms with Crippen LogP contribution in [-0.2, 0) is 18.8 Å². The van der Waals surface area contributed by atoms with Crippen molar-refractivity contribution in [3.63, 3.8) is 0 Å². The highest BCUT2D eigenvalue weighted by Gasteiger charge is 2.09. The van der Waals surface area contributed by atoms with Gasteiger partial charge in [0.15, 0.2) is 0 Å². The highest BCUT2D eigenvalue weighted by atomic mass is 32.2. The third-order valence-electron chi connectivity index (χ3n) is 1.57. The van der Waals surface area contributed by atoms with E-state index in [-0.39, 0.29) is 0 Å². The molecule has 0 radical (unpaired) electrons. The van der Waals surface area contributed by atoms with Gasteiger partial charge >= 0.3 is 10.2 Å². The molecule has 0 aromatic heterocycles. The van der Waals surface area contributed by atoms with Crippen LogP contribution in [0.4, 0.5) is 0 Å². The van der Waals surface area contributed by atoms with Crippen molar-refractivity contribution < 1.29 is 17.0 Å². The van der Waals surface area contributed by atoms with E-state index in [2.05, 4.69) is 0 Å². The molecule has 0 fully saturated rings. The predicted molar refractivity (Wildman–Crippen MR) is 72.1 cm³/mol. The Balaban J connectivity index is 3.46. The van der Waals surface area contributed by atoms with Gasteiger partial charge in [-0.15, -0.1) is 0 Å². The lowest BCUT2D eigenvalue weighted by Gasteiger charge is -2.06. The van der Waals surface area contributed by atoms with Gasteiger partial charge in [0.2, 0.25) is 0 Å². The Hall–Kier alpha value is 0.490. The summed E-state index contributed by atoms with van der Waals surface area (Å²) in [5, 5.41) is 0. The summed E-state index contributed by atoms with van der Waals surface area (Å²) < 4.78 is 31.8. The number of nitrogens with one attached hydrogen (secondary N) is 2. The molecule has 0 heterocycles. The SMILES string of the molecule is CCCCSONS(=O)(=O)NOSCCCC. The van der Waals surface area contributed by atoms with E-state index in [1.165, 1.54) is 0 Å². The summed E-state index contributed by atoms with van der Waals surface area (Å²) in [5.41, 5.74) is 0. The van der Waals surface area contributed by atoms with E-state index in [1.54, 1.807) is 0 Å². The Morgan fingerprint density at radius 2 is 1.35 bits per heavy atom. The topological polar surface area (TPSA) is 76.7 Å². The number of hydrogen-bond acceptors (Lipinski definition) is 6. The van der Waals surface area contributed by atoms with Crippen molar-refractivity contribution >= 4 is 34.3 Å². The van der Waals surface area contributed by atoms with Gasteiger partial charge < -0.3 is 0 Å². The van der Waals surface area contributed by atoms with Crippen LogP contribution in [0.15, 0.2) is 0 Å². The molecule has 104 valence electrons. The van der Waals surface area contributed by atoms with Crippen molar-refractivity contribution in [3.05, 3.63) is 0 Å². The molecule has 0 aromatic rings. The molecule has 0 aliphatic heterocycles. The minimum Gasteiger partial charge on any atom is -0.216 e. The summed E-state index contributed by atoms with van der Waals surface area (Å²) in [5.74, 6) is 1.48. The van der Waals surface area contributed by atoms with Crippen molar-refractivity contribution in [3.8, 4) is 0 Å². The van der Waals surface area contributed by atoms with Gasteiger partial charge in [0, 0.05) is 35.6 Å². The third-order valence-corrected chi connectivity index (χ3v) is 3.70. The minimum absolute atomic E-state index is 0.741. The Morgan fingerprint density at radius 1 is 0.941 bits per heavy atom. The van der Waals surface area contributed by atoms with Crippen molar-refractivity contribution in [2.45, 2.75) is 39.5 Å². The first kappa shape index (κ1) is 17.5. The average molecular weight is 304 g/mol. The van der Waals surface area contributed by atoms with Crippen LogP contribution in [-0.4, -0.2) is 19.9 Å². The van der Waals surface area contributed by atoms with E-state index < -0.39 is 10.2 Å². The minimum atomic E-state index is -3.74. The Labute approximate surface area is 112 Å². The van der Waals surface area contributed by atoms with Crippen LogP contribution in [0.1, 0.15) is 39.5 Å². The lowest BCUT2D eigenvalue weighted by Crippen LogP contribution is -2.34. The second-order valence-electron chi connectivity index (χ2n) is 3.19. The maximum absolute atomic E-state index is 11.2. The third kappa shape index (κ3) is 12.7. The number of hydrogen-bond donors (Lipinski definition) is 2. The average Bonchev–Trinajstić information content (AvgIpc) is 2.28. The van der Waals surface area contributed by atoms with Crippen molar-refractivity contribution in [2.75, 3.05) is 11.5 Å². The largest absolute Gasteiger partial charge is 0.323 e. The van der Waals surface area contributed by atoms with Gasteiger partial charge in [0.1, 0.15) is 0 Å². The molecule has 0 atom stereocenters. The van der Waals surface area contributed by atoms with E-state index in [9.17, 15) is 8.42 Å². The molecule has 17 heavy (non-hydrogen) atoms. The van der Waals surface area contributed by atoms with Gasteiger partial charge in [-0.3, -0.25) is 0 Å². The molecule has 0 spiro atoms. The van der Waals surface area contributed by atoms with Crippen molar-refractivity contribution in [1.29, 1.82) is 0 Å². The second kappa shape index (κ2) is 11.6. The van der Waals surface area contributed by atoms with E-state index in [0.717, 1.165) is 61.3 Å². The van der Waals surface area contributed by atoms with Crippen LogP contribution < -0.4 is 9.77 Å². The fourth-order valence-electron chi connectivity index (χ4n) is 0.645. The number of rotatable bonds is 12. The molecule has 0 rings (SSSR count). The van der Waals surface area contributed by atoms with E-state index in [4.69, 9.17) is 8.57 Å². The van der Waals surface area contributed by atoms with Crippen LogP contribution in [0, 0.1) is 0 Å². The lowest BCUT2D eigenvalue weighted by molar-refractivity contribution is 0.274. The van der Waals surface area contributed by atoms with Crippen LogP contribution >= 0.6 is 24.1 Å². The van der Waals surface area contributed by atoms with Gasteiger partial charge in [-0.1, -0.05) is 36.5 Å². The maximum Gasteiger partial charge on any atom is 0.323 e. The van der Waals surface area contributed by atoms with Crippen LogP contribution in [0.25, 0.3) is 0 Å². The smallest absolute Gasteiger partial charge is 0.216 e. The molecule has 0 unspecified atom stereocenters. The molecule has 0 aliphatic rings. The molecule has 0 aliphatic carbocycles. The highest BCUT2D eigenvalue weighted by molar-refractivity contribution is 7.96. The monoisotopic (exact) mass is 304 g/mol. The zero-order chi connectivity index (χ0) is 13.0. The first-order chi connectivity index (χ1) is 8.12. The second-order valence-corrected chi connectivity index (χ2v) is 6.15. The van der Waals surface area contributed by atoms with Gasteiger partial charge in [0.25, 0.3) is 0 Å². The van der Waals surface area contributed by atoms with Gasteiger partial charge in [-0.25, -0.2) is 8.57 Å². The predicted octanol–water partition coefficient (Wildman–Crippen LogP) is 2.17. The fraction of sp³-hybridized carbons (Fsp3) is 1.00. The van der Waals surface area contributed by atoms with Gasteiger partial charge in [-0.05, 0) is 12.8 Å². The Kier molecular flexibility index (Phi) is 11.9. The lowest BCUT2D eigenvalue weighted by atomic mass is 10.4. The number of unbranched alkanes of at least 4 members (excludes halogenated alkanes) is 2. The fourth-order valence-corrected chi connectivity index (χ4v) is 2.76. The Morgan fingerprint density at radius 3 is 1.71 bits per heavy atom. The molecule has 2 N–H and O–H groups in total. The van der Waals surface area contributed by atoms with E-state index in [1.807, 2.05) is 23.6 Å². The molecule has 0 saturated heterocycles. The molecule has 0 saturated carbocycles. The Bertz CT molecular complexity index is 241. The van der Waals surface area contributed by atoms with Crippen molar-refractivity contribution in [2.24, 2.45) is 0 Å². The summed E-state index contributed by atoms with van der Waals surface area (Å²) >= 11 is 2.12. The molecule has 6 nitrogen and oxygen atoms in total. The summed E-state index contributed by atoms with van der Waals surface area (Å²) in [6, 6.07) is 0. The van der Waals surface area contributed by atoms with Gasteiger partial charge in [0.05, 0.1) is 0 Å². The summed E-state index contributed by atoms with van der Waals surface area (Å²) in [6.45, 7) is 4.10. The van der Waals surface area contributed by atoms with E-state index in [0.29, 0.717) is 0 Å². The standard InChI is InChI=1S/C8H20N2O4S3/c1-3-5-7-15-13-9-17(11,12)10-14-16-8-6-4-2/h9-10H,3-8H2,1-2H3. The zero-order valence-electron chi connectivity index (χ0n) is 10.1. The van der Waals surface area contributed by atoms with E-state index >= 15 is 0 Å². The zero-order valence-corrected chi connectivity index (χ0v) is 12.5. The highest BCUT2D eigenvalue weighted by Crippen LogP contribution is 2.06. The first-order valence-electron chi connectivity index (χ1n) is 5.47.